The average Bonchev–Trinajstić information content (AvgIpc) is 3.27. The van der Waals surface area contributed by atoms with Crippen LogP contribution in [0.5, 0.6) is 0 Å². The zero-order chi connectivity index (χ0) is 18.6. The van der Waals surface area contributed by atoms with Crippen molar-refractivity contribution in [2.24, 2.45) is 0 Å². The fourth-order valence-electron chi connectivity index (χ4n) is 4.70. The average molecular weight is 365 g/mol. The quantitative estimate of drug-likeness (QED) is 0.716. The van der Waals surface area contributed by atoms with Gasteiger partial charge in [0, 0.05) is 44.4 Å². The molecule has 8 nitrogen and oxygen atoms in total. The zero-order valence-electron chi connectivity index (χ0n) is 15.6. The van der Waals surface area contributed by atoms with Gasteiger partial charge in [0.25, 0.3) is 5.56 Å². The molecular formula is C19H23N7O. The van der Waals surface area contributed by atoms with Crippen molar-refractivity contribution in [2.75, 3.05) is 37.0 Å². The molecule has 0 radical (unpaired) electrons. The molecule has 0 bridgehead atoms. The number of hydrogen-bond acceptors (Lipinski definition) is 6. The maximum absolute atomic E-state index is 12.6. The molecule has 1 saturated heterocycles. The van der Waals surface area contributed by atoms with Crippen LogP contribution in [0.1, 0.15) is 30.5 Å². The molecule has 0 saturated carbocycles. The van der Waals surface area contributed by atoms with Crippen LogP contribution in [0.15, 0.2) is 23.3 Å². The third-order valence-corrected chi connectivity index (χ3v) is 6.03. The van der Waals surface area contributed by atoms with Gasteiger partial charge in [-0.2, -0.15) is 5.10 Å². The largest absolute Gasteiger partial charge is 0.370 e. The molecule has 3 aromatic heterocycles. The number of fused-ring (bicyclic) bond motifs is 3. The number of aromatic nitrogens is 5. The second-order valence-electron chi connectivity index (χ2n) is 7.88. The number of hydrogen-bond donors (Lipinski definition) is 2. The molecule has 0 aromatic carbocycles. The second-order valence-corrected chi connectivity index (χ2v) is 7.88. The van der Waals surface area contributed by atoms with Crippen molar-refractivity contribution < 1.29 is 0 Å². The first-order chi connectivity index (χ1) is 13.1. The molecule has 27 heavy (non-hydrogen) atoms. The summed E-state index contributed by atoms with van der Waals surface area (Å²) < 4.78 is 0. The Morgan fingerprint density at radius 1 is 1.30 bits per heavy atom. The van der Waals surface area contributed by atoms with E-state index in [2.05, 4.69) is 31.1 Å². The van der Waals surface area contributed by atoms with Crippen LogP contribution >= 0.6 is 0 Å². The van der Waals surface area contributed by atoms with E-state index in [1.807, 2.05) is 31.4 Å². The van der Waals surface area contributed by atoms with Gasteiger partial charge in [0.1, 0.15) is 0 Å². The van der Waals surface area contributed by atoms with Crippen LogP contribution in [0.4, 0.5) is 11.6 Å². The molecule has 1 aliphatic heterocycles. The van der Waals surface area contributed by atoms with Crippen molar-refractivity contribution in [1.29, 1.82) is 0 Å². The SMILES string of the molecule is CN(C)c1nc2c(c(=O)[nH]1)CCC21CCCN(c2ccnc3[nH]ncc23)C1. The highest BCUT2D eigenvalue weighted by Crippen LogP contribution is 2.44. The Kier molecular flexibility index (Phi) is 3.50. The van der Waals surface area contributed by atoms with Crippen molar-refractivity contribution >= 4 is 22.7 Å². The highest BCUT2D eigenvalue weighted by Gasteiger charge is 2.45. The lowest BCUT2D eigenvalue weighted by atomic mass is 9.77. The Hall–Kier alpha value is -2.90. The molecule has 0 amide bonds. The Labute approximate surface area is 156 Å². The summed E-state index contributed by atoms with van der Waals surface area (Å²) in [6.07, 6.45) is 7.59. The Bertz CT molecular complexity index is 1070. The number of aromatic amines is 2. The van der Waals surface area contributed by atoms with Gasteiger partial charge in [0.05, 0.1) is 23.0 Å². The number of nitrogens with one attached hydrogen (secondary N) is 2. The van der Waals surface area contributed by atoms with Gasteiger partial charge < -0.3 is 9.80 Å². The minimum Gasteiger partial charge on any atom is -0.370 e. The standard InChI is InChI=1S/C19H23N7O/c1-25(2)18-22-15-12(17(27)23-18)4-7-19(15)6-3-9-26(11-19)14-5-8-20-16-13(14)10-21-24-16/h5,8,10H,3-4,6-7,9,11H2,1-2H3,(H,20,21,24)(H,22,23,27). The molecule has 5 rings (SSSR count). The topological polar surface area (TPSA) is 93.8 Å². The predicted octanol–water partition coefficient (Wildman–Crippen LogP) is 1.59. The van der Waals surface area contributed by atoms with Crippen LogP contribution in [0.25, 0.3) is 11.0 Å². The molecule has 4 heterocycles. The Balaban J connectivity index is 1.58. The summed E-state index contributed by atoms with van der Waals surface area (Å²) >= 11 is 0. The third kappa shape index (κ3) is 2.43. The Morgan fingerprint density at radius 2 is 2.19 bits per heavy atom. The summed E-state index contributed by atoms with van der Waals surface area (Å²) in [6, 6.07) is 2.06. The minimum atomic E-state index is -0.0636. The maximum Gasteiger partial charge on any atom is 0.255 e. The predicted molar refractivity (Wildman–Crippen MR) is 105 cm³/mol. The molecule has 1 atom stereocenters. The summed E-state index contributed by atoms with van der Waals surface area (Å²) in [7, 11) is 3.82. The maximum atomic E-state index is 12.6. The fraction of sp³-hybridized carbons (Fsp3) is 0.474. The number of nitrogens with zero attached hydrogens (tertiary/aromatic N) is 5. The minimum absolute atomic E-state index is 0.0128. The molecule has 1 spiro atoms. The van der Waals surface area contributed by atoms with Crippen LogP contribution < -0.4 is 15.4 Å². The smallest absolute Gasteiger partial charge is 0.255 e. The van der Waals surface area contributed by atoms with E-state index < -0.39 is 0 Å². The summed E-state index contributed by atoms with van der Waals surface area (Å²) in [4.78, 5) is 29.0. The van der Waals surface area contributed by atoms with Crippen molar-refractivity contribution in [1.82, 2.24) is 25.1 Å². The van der Waals surface area contributed by atoms with Gasteiger partial charge in [-0.05, 0) is 31.7 Å². The number of rotatable bonds is 2. The van der Waals surface area contributed by atoms with Crippen LogP contribution in [-0.4, -0.2) is 52.3 Å². The van der Waals surface area contributed by atoms with Crippen molar-refractivity contribution in [3.05, 3.63) is 40.1 Å². The van der Waals surface area contributed by atoms with Crippen LogP contribution in [0.3, 0.4) is 0 Å². The molecule has 8 heteroatoms. The molecule has 140 valence electrons. The number of piperidine rings is 1. The van der Waals surface area contributed by atoms with E-state index >= 15 is 0 Å². The lowest BCUT2D eigenvalue weighted by Gasteiger charge is -2.42. The molecule has 2 aliphatic rings. The molecular weight excluding hydrogens is 342 g/mol. The Morgan fingerprint density at radius 3 is 3.04 bits per heavy atom. The lowest BCUT2D eigenvalue weighted by Crippen LogP contribution is -2.46. The van der Waals surface area contributed by atoms with Crippen LogP contribution in [0, 0.1) is 0 Å². The van der Waals surface area contributed by atoms with Gasteiger partial charge in [-0.15, -0.1) is 0 Å². The summed E-state index contributed by atoms with van der Waals surface area (Å²) in [5.74, 6) is 0.637. The first-order valence-electron chi connectivity index (χ1n) is 9.41. The summed E-state index contributed by atoms with van der Waals surface area (Å²) in [5.41, 5.74) is 3.77. The van der Waals surface area contributed by atoms with Crippen molar-refractivity contribution in [2.45, 2.75) is 31.1 Å². The van der Waals surface area contributed by atoms with Gasteiger partial charge in [0.2, 0.25) is 5.95 Å². The van der Waals surface area contributed by atoms with E-state index in [4.69, 9.17) is 4.98 Å². The lowest BCUT2D eigenvalue weighted by molar-refractivity contribution is 0.335. The second kappa shape index (κ2) is 5.80. The summed E-state index contributed by atoms with van der Waals surface area (Å²) in [5, 5.41) is 8.14. The number of anilines is 2. The van der Waals surface area contributed by atoms with Gasteiger partial charge in [-0.3, -0.25) is 14.9 Å². The number of H-pyrrole nitrogens is 2. The molecule has 2 N–H and O–H groups in total. The molecule has 1 unspecified atom stereocenters. The monoisotopic (exact) mass is 365 g/mol. The van der Waals surface area contributed by atoms with Crippen molar-refractivity contribution in [3.8, 4) is 0 Å². The summed E-state index contributed by atoms with van der Waals surface area (Å²) in [6.45, 7) is 1.86. The van der Waals surface area contributed by atoms with Crippen LogP contribution in [-0.2, 0) is 11.8 Å². The van der Waals surface area contributed by atoms with E-state index in [0.717, 1.165) is 66.8 Å². The van der Waals surface area contributed by atoms with E-state index in [1.165, 1.54) is 0 Å². The van der Waals surface area contributed by atoms with E-state index in [9.17, 15) is 4.79 Å². The van der Waals surface area contributed by atoms with Gasteiger partial charge in [-0.25, -0.2) is 9.97 Å². The highest BCUT2D eigenvalue weighted by atomic mass is 16.1. The fourth-order valence-corrected chi connectivity index (χ4v) is 4.70. The van der Waals surface area contributed by atoms with E-state index in [0.29, 0.717) is 5.95 Å². The molecule has 1 aliphatic carbocycles. The third-order valence-electron chi connectivity index (χ3n) is 6.03. The first kappa shape index (κ1) is 16.3. The molecule has 1 fully saturated rings. The first-order valence-corrected chi connectivity index (χ1v) is 9.41. The normalized spacial score (nSPS) is 21.8. The van der Waals surface area contributed by atoms with Crippen LogP contribution in [0.2, 0.25) is 0 Å². The van der Waals surface area contributed by atoms with Gasteiger partial charge >= 0.3 is 0 Å². The highest BCUT2D eigenvalue weighted by molar-refractivity contribution is 5.88. The molecule has 3 aromatic rings. The van der Waals surface area contributed by atoms with E-state index in [-0.39, 0.29) is 11.0 Å². The number of pyridine rings is 1. The van der Waals surface area contributed by atoms with Crippen molar-refractivity contribution in [3.63, 3.8) is 0 Å². The van der Waals surface area contributed by atoms with Gasteiger partial charge in [0.15, 0.2) is 5.65 Å². The van der Waals surface area contributed by atoms with E-state index in [1.54, 1.807) is 0 Å². The zero-order valence-corrected chi connectivity index (χ0v) is 15.6. The van der Waals surface area contributed by atoms with Gasteiger partial charge in [-0.1, -0.05) is 0 Å².